The Morgan fingerprint density at radius 3 is 2.81 bits per heavy atom. The summed E-state index contributed by atoms with van der Waals surface area (Å²) in [6, 6.07) is 3.39. The lowest BCUT2D eigenvalue weighted by Gasteiger charge is -2.33. The molecule has 5 rings (SSSR count). The van der Waals surface area contributed by atoms with E-state index in [1.54, 1.807) is 24.5 Å². The lowest BCUT2D eigenvalue weighted by Crippen LogP contribution is -2.40. The number of hydrogen-bond donors (Lipinski definition) is 1. The van der Waals surface area contributed by atoms with Gasteiger partial charge in [-0.15, -0.1) is 0 Å². The summed E-state index contributed by atoms with van der Waals surface area (Å²) in [6.07, 6.45) is 12.5. The first kappa shape index (κ1) is 20.4. The molecule has 3 aliphatic rings. The van der Waals surface area contributed by atoms with E-state index in [0.717, 1.165) is 49.5 Å². The first-order valence-electron chi connectivity index (χ1n) is 11.7. The van der Waals surface area contributed by atoms with Gasteiger partial charge in [0.2, 0.25) is 0 Å². The number of H-pyrrole nitrogens is 1. The molecule has 7 nitrogen and oxygen atoms in total. The third kappa shape index (κ3) is 4.28. The molecule has 1 amide bonds. The van der Waals surface area contributed by atoms with Crippen molar-refractivity contribution in [3.05, 3.63) is 57.5 Å². The molecule has 1 saturated carbocycles. The number of fused-ring (bicyclic) bond motifs is 1. The number of aromatic amines is 1. The van der Waals surface area contributed by atoms with Crippen LogP contribution in [0.1, 0.15) is 78.4 Å². The Bertz CT molecular complexity index is 983. The van der Waals surface area contributed by atoms with E-state index in [1.165, 1.54) is 32.1 Å². The van der Waals surface area contributed by atoms with Crippen LogP contribution in [0.4, 0.5) is 0 Å². The molecule has 0 aromatic carbocycles. The molecule has 2 aromatic heterocycles. The maximum atomic E-state index is 13.0. The zero-order chi connectivity index (χ0) is 21.2. The van der Waals surface area contributed by atoms with Gasteiger partial charge in [-0.3, -0.25) is 19.5 Å². The highest BCUT2D eigenvalue weighted by atomic mass is 16.2. The molecule has 1 atom stereocenters. The van der Waals surface area contributed by atoms with Gasteiger partial charge >= 0.3 is 0 Å². The van der Waals surface area contributed by atoms with Gasteiger partial charge in [-0.25, -0.2) is 4.98 Å². The molecule has 1 N–H and O–H groups in total. The average molecular weight is 422 g/mol. The Morgan fingerprint density at radius 2 is 2.00 bits per heavy atom. The normalized spacial score (nSPS) is 22.5. The maximum Gasteiger partial charge on any atom is 0.256 e. The molecule has 2 aliphatic heterocycles. The van der Waals surface area contributed by atoms with Crippen molar-refractivity contribution in [2.75, 3.05) is 19.6 Å². The third-order valence-corrected chi connectivity index (χ3v) is 7.14. The number of aromatic nitrogens is 3. The molecular weight excluding hydrogens is 390 g/mol. The van der Waals surface area contributed by atoms with Gasteiger partial charge in [0.25, 0.3) is 11.5 Å². The van der Waals surface area contributed by atoms with Crippen LogP contribution in [-0.4, -0.2) is 50.3 Å². The van der Waals surface area contributed by atoms with Crippen LogP contribution in [0.25, 0.3) is 0 Å². The van der Waals surface area contributed by atoms with Crippen molar-refractivity contribution in [2.45, 2.75) is 64.0 Å². The number of rotatable bonds is 4. The summed E-state index contributed by atoms with van der Waals surface area (Å²) in [7, 11) is 0. The van der Waals surface area contributed by atoms with Crippen LogP contribution >= 0.6 is 0 Å². The first-order valence-corrected chi connectivity index (χ1v) is 11.7. The van der Waals surface area contributed by atoms with Gasteiger partial charge in [-0.1, -0.05) is 19.3 Å². The molecule has 4 heterocycles. The largest absolute Gasteiger partial charge is 0.328 e. The number of carbonyl (C=O) groups excluding carboxylic acids is 1. The molecule has 2 fully saturated rings. The highest BCUT2D eigenvalue weighted by molar-refractivity contribution is 5.94. The van der Waals surface area contributed by atoms with Crippen LogP contribution in [0.2, 0.25) is 0 Å². The smallest absolute Gasteiger partial charge is 0.256 e. The van der Waals surface area contributed by atoms with Gasteiger partial charge in [-0.05, 0) is 43.7 Å². The van der Waals surface area contributed by atoms with Crippen LogP contribution < -0.4 is 5.56 Å². The predicted molar refractivity (Wildman–Crippen MR) is 118 cm³/mol. The van der Waals surface area contributed by atoms with Crippen molar-refractivity contribution >= 4 is 5.91 Å². The van der Waals surface area contributed by atoms with Crippen LogP contribution in [0.3, 0.4) is 0 Å². The zero-order valence-corrected chi connectivity index (χ0v) is 18.1. The highest BCUT2D eigenvalue weighted by Gasteiger charge is 2.34. The van der Waals surface area contributed by atoms with E-state index in [0.29, 0.717) is 24.5 Å². The second-order valence-corrected chi connectivity index (χ2v) is 9.26. The first-order chi connectivity index (χ1) is 15.2. The molecule has 1 saturated heterocycles. The number of amides is 1. The van der Waals surface area contributed by atoms with Gasteiger partial charge in [-0.2, -0.15) is 0 Å². The van der Waals surface area contributed by atoms with Gasteiger partial charge in [0, 0.05) is 45.0 Å². The van der Waals surface area contributed by atoms with E-state index < -0.39 is 0 Å². The summed E-state index contributed by atoms with van der Waals surface area (Å²) in [6.45, 7) is 3.42. The number of hydrogen-bond acceptors (Lipinski definition) is 5. The van der Waals surface area contributed by atoms with Crippen molar-refractivity contribution in [1.29, 1.82) is 0 Å². The fourth-order valence-corrected chi connectivity index (χ4v) is 5.50. The van der Waals surface area contributed by atoms with E-state index >= 15 is 0 Å². The summed E-state index contributed by atoms with van der Waals surface area (Å²) in [5.41, 5.74) is 2.27. The summed E-state index contributed by atoms with van der Waals surface area (Å²) in [5.74, 6) is 1.36. The Hall–Kier alpha value is -2.54. The lowest BCUT2D eigenvalue weighted by molar-refractivity contribution is 0.0728. The van der Waals surface area contributed by atoms with Crippen molar-refractivity contribution in [3.63, 3.8) is 0 Å². The van der Waals surface area contributed by atoms with Gasteiger partial charge in [0.15, 0.2) is 0 Å². The van der Waals surface area contributed by atoms with Gasteiger partial charge < -0.3 is 9.88 Å². The second kappa shape index (κ2) is 8.91. The number of nitrogens with zero attached hydrogens (tertiary/aromatic N) is 4. The Morgan fingerprint density at radius 1 is 1.13 bits per heavy atom. The Balaban J connectivity index is 1.33. The van der Waals surface area contributed by atoms with Crippen LogP contribution in [0, 0.1) is 5.92 Å². The minimum absolute atomic E-state index is 0.0333. The fraction of sp³-hybridized carbons (Fsp3) is 0.583. The predicted octanol–water partition coefficient (Wildman–Crippen LogP) is 3.08. The molecule has 0 spiro atoms. The zero-order valence-electron chi connectivity index (χ0n) is 18.1. The van der Waals surface area contributed by atoms with Crippen molar-refractivity contribution in [3.8, 4) is 0 Å². The summed E-state index contributed by atoms with van der Waals surface area (Å²) < 4.78 is 0. The molecular formula is C24H31N5O2. The van der Waals surface area contributed by atoms with Crippen molar-refractivity contribution in [1.82, 2.24) is 24.8 Å². The van der Waals surface area contributed by atoms with Gasteiger partial charge in [0.1, 0.15) is 5.82 Å². The van der Waals surface area contributed by atoms with Crippen LogP contribution in [-0.2, 0) is 13.0 Å². The SMILES string of the molecule is O=C(c1cccnc1)N1CCC[C@@H]1c1nc2c(c(=O)[nH]1)CN(CC1CCCCC1)CC2. The molecule has 0 radical (unpaired) electrons. The quantitative estimate of drug-likeness (QED) is 0.820. The summed E-state index contributed by atoms with van der Waals surface area (Å²) in [5, 5.41) is 0. The van der Waals surface area contributed by atoms with Gasteiger partial charge in [0.05, 0.1) is 22.9 Å². The average Bonchev–Trinajstić information content (AvgIpc) is 3.30. The van der Waals surface area contributed by atoms with Crippen molar-refractivity contribution < 1.29 is 4.79 Å². The van der Waals surface area contributed by atoms with E-state index in [-0.39, 0.29) is 17.5 Å². The monoisotopic (exact) mass is 421 g/mol. The molecule has 31 heavy (non-hydrogen) atoms. The standard InChI is InChI=1S/C24H31N5O2/c30-23-19-16-28(15-17-6-2-1-3-7-17)13-10-20(19)26-22(27-23)21-9-5-12-29(21)24(31)18-8-4-11-25-14-18/h4,8,11,14,17,21H,1-3,5-7,9-10,12-13,15-16H2,(H,26,27,30)/t21-/m1/s1. The molecule has 164 valence electrons. The highest BCUT2D eigenvalue weighted by Crippen LogP contribution is 2.32. The number of likely N-dealkylation sites (tertiary alicyclic amines) is 1. The van der Waals surface area contributed by atoms with E-state index in [4.69, 9.17) is 4.98 Å². The van der Waals surface area contributed by atoms with E-state index in [2.05, 4.69) is 14.9 Å². The fourth-order valence-electron chi connectivity index (χ4n) is 5.50. The Kier molecular flexibility index (Phi) is 5.85. The molecule has 1 aliphatic carbocycles. The third-order valence-electron chi connectivity index (χ3n) is 7.14. The Labute approximate surface area is 182 Å². The molecule has 7 heteroatoms. The second-order valence-electron chi connectivity index (χ2n) is 9.26. The topological polar surface area (TPSA) is 82.2 Å². The number of pyridine rings is 1. The van der Waals surface area contributed by atoms with E-state index in [9.17, 15) is 9.59 Å². The summed E-state index contributed by atoms with van der Waals surface area (Å²) in [4.78, 5) is 42.2. The molecule has 0 bridgehead atoms. The van der Waals surface area contributed by atoms with E-state index in [1.807, 2.05) is 4.90 Å². The minimum Gasteiger partial charge on any atom is -0.328 e. The maximum absolute atomic E-state index is 13.0. The minimum atomic E-state index is -0.175. The number of carbonyl (C=O) groups is 1. The number of nitrogens with one attached hydrogen (secondary N) is 1. The summed E-state index contributed by atoms with van der Waals surface area (Å²) >= 11 is 0. The van der Waals surface area contributed by atoms with Crippen LogP contribution in [0.15, 0.2) is 29.3 Å². The molecule has 0 unspecified atom stereocenters. The lowest BCUT2D eigenvalue weighted by atomic mass is 9.88. The van der Waals surface area contributed by atoms with Crippen molar-refractivity contribution in [2.24, 2.45) is 5.92 Å². The van der Waals surface area contributed by atoms with Crippen LogP contribution in [0.5, 0.6) is 0 Å². The molecule has 2 aromatic rings.